The SMILES string of the molecule is COc1cccc(CC2=NO[C@@H](C(=O)N[C@@H](c3ccncc3)c3ccccc3C)C2)c1. The van der Waals surface area contributed by atoms with E-state index in [4.69, 9.17) is 9.57 Å². The van der Waals surface area contributed by atoms with E-state index in [1.165, 1.54) is 0 Å². The van der Waals surface area contributed by atoms with Gasteiger partial charge in [-0.3, -0.25) is 9.78 Å². The van der Waals surface area contributed by atoms with Gasteiger partial charge >= 0.3 is 0 Å². The van der Waals surface area contributed by atoms with Crippen LogP contribution in [0.15, 0.2) is 78.2 Å². The van der Waals surface area contributed by atoms with Crippen molar-refractivity contribution in [1.29, 1.82) is 0 Å². The Hall–Kier alpha value is -3.67. The number of methoxy groups -OCH3 is 1. The van der Waals surface area contributed by atoms with E-state index in [-0.39, 0.29) is 11.9 Å². The first-order valence-electron chi connectivity index (χ1n) is 10.2. The molecule has 2 aromatic carbocycles. The third-order valence-corrected chi connectivity index (χ3v) is 5.39. The Bertz CT molecular complexity index is 1080. The number of carbonyl (C=O) groups is 1. The minimum absolute atomic E-state index is 0.186. The second-order valence-corrected chi connectivity index (χ2v) is 7.56. The summed E-state index contributed by atoms with van der Waals surface area (Å²) in [6.45, 7) is 2.04. The highest BCUT2D eigenvalue weighted by Gasteiger charge is 2.30. The van der Waals surface area contributed by atoms with E-state index in [1.54, 1.807) is 19.5 Å². The van der Waals surface area contributed by atoms with Crippen LogP contribution >= 0.6 is 0 Å². The summed E-state index contributed by atoms with van der Waals surface area (Å²) in [5.74, 6) is 0.610. The molecule has 4 rings (SSSR count). The van der Waals surface area contributed by atoms with E-state index >= 15 is 0 Å². The molecule has 31 heavy (non-hydrogen) atoms. The lowest BCUT2D eigenvalue weighted by atomic mass is 9.95. The van der Waals surface area contributed by atoms with Crippen molar-refractivity contribution in [2.75, 3.05) is 7.11 Å². The summed E-state index contributed by atoms with van der Waals surface area (Å²) in [7, 11) is 1.64. The van der Waals surface area contributed by atoms with Gasteiger partial charge in [-0.05, 0) is 53.4 Å². The third-order valence-electron chi connectivity index (χ3n) is 5.39. The van der Waals surface area contributed by atoms with Crippen molar-refractivity contribution >= 4 is 11.6 Å². The third kappa shape index (κ3) is 4.91. The second kappa shape index (κ2) is 9.43. The average molecular weight is 415 g/mol. The molecule has 0 unspecified atom stereocenters. The fraction of sp³-hybridized carbons (Fsp3) is 0.240. The maximum absolute atomic E-state index is 13.1. The first kappa shape index (κ1) is 20.6. The molecule has 0 saturated carbocycles. The summed E-state index contributed by atoms with van der Waals surface area (Å²) >= 11 is 0. The fourth-order valence-corrected chi connectivity index (χ4v) is 3.73. The Morgan fingerprint density at radius 3 is 2.74 bits per heavy atom. The van der Waals surface area contributed by atoms with Crippen LogP contribution < -0.4 is 10.1 Å². The monoisotopic (exact) mass is 415 g/mol. The first-order chi connectivity index (χ1) is 15.1. The van der Waals surface area contributed by atoms with Crippen LogP contribution in [-0.2, 0) is 16.1 Å². The van der Waals surface area contributed by atoms with Crippen molar-refractivity contribution in [3.8, 4) is 5.75 Å². The van der Waals surface area contributed by atoms with Crippen LogP contribution in [0.3, 0.4) is 0 Å². The van der Waals surface area contributed by atoms with Crippen molar-refractivity contribution in [2.24, 2.45) is 5.16 Å². The highest BCUT2D eigenvalue weighted by molar-refractivity contribution is 5.94. The maximum Gasteiger partial charge on any atom is 0.265 e. The van der Waals surface area contributed by atoms with Gasteiger partial charge in [0, 0.05) is 25.2 Å². The second-order valence-electron chi connectivity index (χ2n) is 7.56. The zero-order valence-electron chi connectivity index (χ0n) is 17.6. The number of ether oxygens (including phenoxy) is 1. The van der Waals surface area contributed by atoms with Crippen LogP contribution in [0.4, 0.5) is 0 Å². The molecular formula is C25H25N3O3. The quantitative estimate of drug-likeness (QED) is 0.633. The van der Waals surface area contributed by atoms with Gasteiger partial charge in [-0.15, -0.1) is 0 Å². The summed E-state index contributed by atoms with van der Waals surface area (Å²) in [5.41, 5.74) is 5.01. The van der Waals surface area contributed by atoms with Crippen molar-refractivity contribution < 1.29 is 14.4 Å². The van der Waals surface area contributed by atoms with Crippen molar-refractivity contribution in [1.82, 2.24) is 10.3 Å². The Balaban J connectivity index is 1.45. The minimum atomic E-state index is -0.644. The summed E-state index contributed by atoms with van der Waals surface area (Å²) in [5, 5.41) is 7.31. The summed E-state index contributed by atoms with van der Waals surface area (Å²) in [6.07, 6.45) is 3.89. The van der Waals surface area contributed by atoms with Crippen LogP contribution in [0.2, 0.25) is 0 Å². The Morgan fingerprint density at radius 2 is 1.97 bits per heavy atom. The Labute approximate surface area is 181 Å². The molecule has 1 aliphatic rings. The van der Waals surface area contributed by atoms with E-state index in [1.807, 2.05) is 67.6 Å². The predicted octanol–water partition coefficient (Wildman–Crippen LogP) is 3.99. The molecule has 0 spiro atoms. The Morgan fingerprint density at radius 1 is 1.16 bits per heavy atom. The zero-order chi connectivity index (χ0) is 21.6. The van der Waals surface area contributed by atoms with Crippen LogP contribution in [0.25, 0.3) is 0 Å². The highest BCUT2D eigenvalue weighted by Crippen LogP contribution is 2.26. The molecule has 2 atom stereocenters. The average Bonchev–Trinajstić information content (AvgIpc) is 3.27. The molecule has 0 radical (unpaired) electrons. The number of amides is 1. The minimum Gasteiger partial charge on any atom is -0.497 e. The molecule has 1 amide bonds. The van der Waals surface area contributed by atoms with Gasteiger partial charge < -0.3 is 14.9 Å². The number of nitrogens with zero attached hydrogens (tertiary/aromatic N) is 2. The smallest absolute Gasteiger partial charge is 0.265 e. The number of benzene rings is 2. The summed E-state index contributed by atoms with van der Waals surface area (Å²) in [4.78, 5) is 22.7. The molecular weight excluding hydrogens is 390 g/mol. The van der Waals surface area contributed by atoms with Gasteiger partial charge in [-0.1, -0.05) is 41.6 Å². The number of aromatic nitrogens is 1. The highest BCUT2D eigenvalue weighted by atomic mass is 16.6. The van der Waals surface area contributed by atoms with Crippen molar-refractivity contribution in [2.45, 2.75) is 31.9 Å². The van der Waals surface area contributed by atoms with Gasteiger partial charge in [-0.25, -0.2) is 0 Å². The number of hydrogen-bond donors (Lipinski definition) is 1. The number of aryl methyl sites for hydroxylation is 1. The van der Waals surface area contributed by atoms with Gasteiger partial charge in [0.2, 0.25) is 6.10 Å². The lowest BCUT2D eigenvalue weighted by Gasteiger charge is -2.22. The molecule has 0 saturated heterocycles. The van der Waals surface area contributed by atoms with Gasteiger partial charge in [0.15, 0.2) is 0 Å². The van der Waals surface area contributed by atoms with Gasteiger partial charge in [0.05, 0.1) is 18.9 Å². The molecule has 158 valence electrons. The topological polar surface area (TPSA) is 72.8 Å². The number of rotatable bonds is 7. The van der Waals surface area contributed by atoms with E-state index in [9.17, 15) is 4.79 Å². The summed E-state index contributed by atoms with van der Waals surface area (Å²) < 4.78 is 5.28. The standard InChI is InChI=1S/C25H25N3O3/c1-17-6-3-4-9-22(17)24(19-10-12-26-13-11-19)27-25(29)23-16-20(28-31-23)14-18-7-5-8-21(15-18)30-2/h3-13,15,23-24H,14,16H2,1-2H3,(H,27,29)/t23-,24+/m1/s1. The number of hydrogen-bond acceptors (Lipinski definition) is 5. The molecule has 6 nitrogen and oxygen atoms in total. The molecule has 1 aliphatic heterocycles. The molecule has 1 aromatic heterocycles. The van der Waals surface area contributed by atoms with E-state index in [0.29, 0.717) is 12.8 Å². The molecule has 0 fully saturated rings. The van der Waals surface area contributed by atoms with Crippen LogP contribution in [-0.4, -0.2) is 29.8 Å². The normalized spacial score (nSPS) is 16.2. The number of pyridine rings is 1. The zero-order valence-corrected chi connectivity index (χ0v) is 17.6. The molecule has 6 heteroatoms. The van der Waals surface area contributed by atoms with E-state index in [2.05, 4.69) is 15.5 Å². The number of carbonyl (C=O) groups excluding carboxylic acids is 1. The van der Waals surface area contributed by atoms with Crippen LogP contribution in [0.1, 0.15) is 34.7 Å². The Kier molecular flexibility index (Phi) is 6.26. The maximum atomic E-state index is 13.1. The van der Waals surface area contributed by atoms with Gasteiger partial charge in [0.1, 0.15) is 5.75 Å². The predicted molar refractivity (Wildman–Crippen MR) is 119 cm³/mol. The number of nitrogens with one attached hydrogen (secondary N) is 1. The van der Waals surface area contributed by atoms with Crippen molar-refractivity contribution in [3.05, 3.63) is 95.3 Å². The molecule has 0 aliphatic carbocycles. The largest absolute Gasteiger partial charge is 0.497 e. The summed E-state index contributed by atoms with van der Waals surface area (Å²) in [6, 6.07) is 19.4. The lowest BCUT2D eigenvalue weighted by Crippen LogP contribution is -2.38. The molecule has 2 heterocycles. The first-order valence-corrected chi connectivity index (χ1v) is 10.2. The van der Waals surface area contributed by atoms with E-state index in [0.717, 1.165) is 33.7 Å². The van der Waals surface area contributed by atoms with Crippen LogP contribution in [0, 0.1) is 6.92 Å². The number of oxime groups is 1. The molecule has 0 bridgehead atoms. The van der Waals surface area contributed by atoms with Crippen LogP contribution in [0.5, 0.6) is 5.75 Å². The van der Waals surface area contributed by atoms with E-state index < -0.39 is 6.10 Å². The fourth-order valence-electron chi connectivity index (χ4n) is 3.73. The lowest BCUT2D eigenvalue weighted by molar-refractivity contribution is -0.131. The molecule has 3 aromatic rings. The molecule has 1 N–H and O–H groups in total. The van der Waals surface area contributed by atoms with Gasteiger partial charge in [0.25, 0.3) is 5.91 Å². The van der Waals surface area contributed by atoms with Crippen molar-refractivity contribution in [3.63, 3.8) is 0 Å². The van der Waals surface area contributed by atoms with Gasteiger partial charge in [-0.2, -0.15) is 0 Å².